The first kappa shape index (κ1) is 30.5. The second-order valence-electron chi connectivity index (χ2n) is 8.98. The first-order chi connectivity index (χ1) is 20.4. The summed E-state index contributed by atoms with van der Waals surface area (Å²) < 4.78 is 20.0. The Morgan fingerprint density at radius 3 is 2.60 bits per heavy atom. The summed E-state index contributed by atoms with van der Waals surface area (Å²) in [6.07, 6.45) is 1.80. The van der Waals surface area contributed by atoms with Gasteiger partial charge in [0.25, 0.3) is 0 Å². The van der Waals surface area contributed by atoms with Gasteiger partial charge < -0.3 is 15.4 Å². The van der Waals surface area contributed by atoms with E-state index in [2.05, 4.69) is 32.4 Å². The number of ether oxygens (including phenoxy) is 1. The minimum Gasteiger partial charge on any atom is -0.487 e. The zero-order chi connectivity index (χ0) is 29.9. The number of halogens is 2. The average Bonchev–Trinajstić information content (AvgIpc) is 3.41. The molecule has 0 saturated heterocycles. The second kappa shape index (κ2) is 15.0. The monoisotopic (exact) mass is 600 g/mol. The maximum atomic E-state index is 13.4. The number of carbonyl (C=O) groups is 1. The van der Waals surface area contributed by atoms with Gasteiger partial charge in [0.1, 0.15) is 24.5 Å². The number of fused-ring (bicyclic) bond motifs is 1. The van der Waals surface area contributed by atoms with Crippen LogP contribution in [0.4, 0.5) is 15.9 Å². The van der Waals surface area contributed by atoms with Crippen molar-refractivity contribution in [1.29, 1.82) is 0 Å². The Balaban J connectivity index is 0.00000198. The highest BCUT2D eigenvalue weighted by Crippen LogP contribution is 2.33. The van der Waals surface area contributed by atoms with Crippen LogP contribution in [0.25, 0.3) is 10.2 Å². The van der Waals surface area contributed by atoms with Crippen molar-refractivity contribution >= 4 is 50.6 Å². The van der Waals surface area contributed by atoms with E-state index in [0.29, 0.717) is 28.6 Å². The number of nitrogens with zero attached hydrogens (tertiary/aromatic N) is 2. The quantitative estimate of drug-likeness (QED) is 0.177. The summed E-state index contributed by atoms with van der Waals surface area (Å²) >= 11 is 7.90. The first-order valence-corrected chi connectivity index (χ1v) is 14.6. The minimum absolute atomic E-state index is 0.0733. The fourth-order valence-electron chi connectivity index (χ4n) is 3.85. The molecule has 5 rings (SSSR count). The van der Waals surface area contributed by atoms with Crippen molar-refractivity contribution in [2.75, 3.05) is 11.9 Å². The van der Waals surface area contributed by atoms with Gasteiger partial charge in [-0.05, 0) is 54.4 Å². The van der Waals surface area contributed by atoms with E-state index in [1.807, 2.05) is 57.2 Å². The molecule has 2 N–H and O–H groups in total. The average molecular weight is 601 g/mol. The van der Waals surface area contributed by atoms with Gasteiger partial charge in [0.05, 0.1) is 33.1 Å². The summed E-state index contributed by atoms with van der Waals surface area (Å²) in [5.41, 5.74) is 4.32. The molecule has 214 valence electrons. The maximum absolute atomic E-state index is 13.4. The van der Waals surface area contributed by atoms with Crippen molar-refractivity contribution in [1.82, 2.24) is 15.3 Å². The smallest absolute Gasteiger partial charge is 0.225 e. The largest absolute Gasteiger partial charge is 0.487 e. The number of thiophene rings is 1. The Hall–Kier alpha value is -4.45. The standard InChI is InChI=1S/C31H24ClFN4O2S.C2H6/c1-20-7-9-21(10-8-20)15-29(38)34-13-3-6-25-17-27-30(40-25)31(36-19-35-27)37-24-11-12-28(26(32)16-24)39-18-22-4-2-5-23(33)14-22;1-2/h2,4-5,7-12,14,16-17,19H,13,15,18H2,1H3,(H,34,38)(H,35,36,37);1-2H3. The molecule has 5 aromatic rings. The highest BCUT2D eigenvalue weighted by atomic mass is 35.5. The molecule has 6 nitrogen and oxygen atoms in total. The van der Waals surface area contributed by atoms with E-state index in [1.54, 1.807) is 24.3 Å². The molecule has 2 aromatic heterocycles. The topological polar surface area (TPSA) is 76.1 Å². The molecule has 9 heteroatoms. The van der Waals surface area contributed by atoms with Gasteiger partial charge in [0.2, 0.25) is 5.91 Å². The fraction of sp³-hybridized carbons (Fsp3) is 0.182. The molecule has 0 unspecified atom stereocenters. The number of amides is 1. The molecular weight excluding hydrogens is 571 g/mol. The number of hydrogen-bond donors (Lipinski definition) is 2. The van der Waals surface area contributed by atoms with Crippen LogP contribution in [0, 0.1) is 24.6 Å². The molecule has 0 aliphatic rings. The van der Waals surface area contributed by atoms with Gasteiger partial charge in [-0.15, -0.1) is 11.3 Å². The fourth-order valence-corrected chi connectivity index (χ4v) is 5.02. The van der Waals surface area contributed by atoms with Crippen molar-refractivity contribution in [2.24, 2.45) is 0 Å². The molecule has 0 radical (unpaired) electrons. The molecule has 42 heavy (non-hydrogen) atoms. The predicted molar refractivity (Wildman–Crippen MR) is 169 cm³/mol. The number of hydrogen-bond acceptors (Lipinski definition) is 6. The third-order valence-corrected chi connectivity index (χ3v) is 7.20. The maximum Gasteiger partial charge on any atom is 0.225 e. The van der Waals surface area contributed by atoms with Crippen LogP contribution in [0.3, 0.4) is 0 Å². The van der Waals surface area contributed by atoms with E-state index in [1.165, 1.54) is 29.8 Å². The number of benzene rings is 3. The van der Waals surface area contributed by atoms with Crippen LogP contribution in [-0.4, -0.2) is 22.4 Å². The van der Waals surface area contributed by atoms with Gasteiger partial charge in [-0.1, -0.05) is 79.3 Å². The summed E-state index contributed by atoms with van der Waals surface area (Å²) in [5.74, 6) is 6.83. The van der Waals surface area contributed by atoms with Crippen LogP contribution in [0.5, 0.6) is 5.75 Å². The third-order valence-electron chi connectivity index (χ3n) is 5.86. The third kappa shape index (κ3) is 8.53. The van der Waals surface area contributed by atoms with Crippen LogP contribution in [0.1, 0.15) is 35.4 Å². The number of aromatic nitrogens is 2. The van der Waals surface area contributed by atoms with Crippen LogP contribution in [0.15, 0.2) is 79.1 Å². The van der Waals surface area contributed by atoms with Crippen LogP contribution in [0.2, 0.25) is 5.02 Å². The molecule has 0 atom stereocenters. The molecule has 0 spiro atoms. The Kier molecular flexibility index (Phi) is 10.9. The van der Waals surface area contributed by atoms with Crippen LogP contribution in [-0.2, 0) is 17.8 Å². The number of nitrogens with one attached hydrogen (secondary N) is 2. The lowest BCUT2D eigenvalue weighted by atomic mass is 10.1. The van der Waals surface area contributed by atoms with Gasteiger partial charge in [0.15, 0.2) is 5.82 Å². The normalized spacial score (nSPS) is 10.2. The summed E-state index contributed by atoms with van der Waals surface area (Å²) in [6.45, 7) is 6.47. The predicted octanol–water partition coefficient (Wildman–Crippen LogP) is 7.85. The van der Waals surface area contributed by atoms with Gasteiger partial charge in [-0.2, -0.15) is 0 Å². The first-order valence-electron chi connectivity index (χ1n) is 13.4. The molecular formula is C33H30ClFN4O2S. The van der Waals surface area contributed by atoms with E-state index >= 15 is 0 Å². The Bertz CT molecular complexity index is 1730. The van der Waals surface area contributed by atoms with Gasteiger partial charge in [-0.3, -0.25) is 4.79 Å². The Morgan fingerprint density at radius 2 is 1.83 bits per heavy atom. The minimum atomic E-state index is -0.314. The van der Waals surface area contributed by atoms with Crippen molar-refractivity contribution in [2.45, 2.75) is 33.8 Å². The molecule has 0 aliphatic heterocycles. The number of carbonyl (C=O) groups excluding carboxylic acids is 1. The molecule has 1 amide bonds. The van der Waals surface area contributed by atoms with E-state index in [-0.39, 0.29) is 24.9 Å². The lowest BCUT2D eigenvalue weighted by Gasteiger charge is -2.11. The van der Waals surface area contributed by atoms with E-state index < -0.39 is 0 Å². The second-order valence-corrected chi connectivity index (χ2v) is 10.4. The van der Waals surface area contributed by atoms with Crippen molar-refractivity contribution in [3.63, 3.8) is 0 Å². The van der Waals surface area contributed by atoms with Crippen LogP contribution >= 0.6 is 22.9 Å². The van der Waals surface area contributed by atoms with E-state index in [0.717, 1.165) is 31.9 Å². The lowest BCUT2D eigenvalue weighted by molar-refractivity contribution is -0.120. The highest BCUT2D eigenvalue weighted by Gasteiger charge is 2.10. The van der Waals surface area contributed by atoms with Gasteiger partial charge in [-0.25, -0.2) is 14.4 Å². The Labute approximate surface area is 253 Å². The molecule has 0 saturated carbocycles. The Morgan fingerprint density at radius 1 is 1.02 bits per heavy atom. The summed E-state index contributed by atoms with van der Waals surface area (Å²) in [4.78, 5) is 21.7. The summed E-state index contributed by atoms with van der Waals surface area (Å²) in [5, 5.41) is 6.53. The molecule has 3 aromatic carbocycles. The number of rotatable bonds is 8. The van der Waals surface area contributed by atoms with Crippen molar-refractivity contribution < 1.29 is 13.9 Å². The summed E-state index contributed by atoms with van der Waals surface area (Å²) in [6, 6.07) is 21.3. The van der Waals surface area contributed by atoms with E-state index in [4.69, 9.17) is 16.3 Å². The highest BCUT2D eigenvalue weighted by molar-refractivity contribution is 7.20. The van der Waals surface area contributed by atoms with E-state index in [9.17, 15) is 9.18 Å². The van der Waals surface area contributed by atoms with Crippen LogP contribution < -0.4 is 15.4 Å². The molecule has 0 aliphatic carbocycles. The lowest BCUT2D eigenvalue weighted by Crippen LogP contribution is -2.25. The van der Waals surface area contributed by atoms with Crippen molar-refractivity contribution in [3.05, 3.63) is 112 Å². The van der Waals surface area contributed by atoms with Gasteiger partial charge in [0, 0.05) is 5.69 Å². The SMILES string of the molecule is CC.Cc1ccc(CC(=O)NCC#Cc2cc3ncnc(Nc4ccc(OCc5cccc(F)c5)c(Cl)c4)c3s2)cc1. The molecule has 0 bridgehead atoms. The van der Waals surface area contributed by atoms with Gasteiger partial charge >= 0.3 is 0 Å². The number of aryl methyl sites for hydroxylation is 1. The zero-order valence-corrected chi connectivity index (χ0v) is 25.1. The zero-order valence-electron chi connectivity index (χ0n) is 23.5. The summed E-state index contributed by atoms with van der Waals surface area (Å²) in [7, 11) is 0. The molecule has 0 fully saturated rings. The number of anilines is 2. The molecule has 2 heterocycles. The van der Waals surface area contributed by atoms with Crippen molar-refractivity contribution in [3.8, 4) is 17.6 Å².